The first-order chi connectivity index (χ1) is 11.6. The molecule has 2 N–H and O–H groups in total. The minimum Gasteiger partial charge on any atom is -0.356 e. The molecule has 1 heterocycles. The number of rotatable bonds is 5. The molecule has 1 aliphatic carbocycles. The summed E-state index contributed by atoms with van der Waals surface area (Å²) in [5.74, 6) is 1.24. The summed E-state index contributed by atoms with van der Waals surface area (Å²) in [5, 5.41) is 2.99. The summed E-state index contributed by atoms with van der Waals surface area (Å²) in [6, 6.07) is 9.98. The fourth-order valence-corrected chi connectivity index (χ4v) is 3.84. The molecule has 5 nitrogen and oxygen atoms in total. The van der Waals surface area contributed by atoms with Crippen LogP contribution < -0.4 is 10.8 Å². The zero-order chi connectivity index (χ0) is 16.9. The van der Waals surface area contributed by atoms with Crippen LogP contribution in [-0.2, 0) is 20.8 Å². The number of hydrogen-bond donors (Lipinski definition) is 2. The van der Waals surface area contributed by atoms with Crippen molar-refractivity contribution in [2.45, 2.75) is 51.2 Å². The fourth-order valence-electron chi connectivity index (χ4n) is 3.84. The summed E-state index contributed by atoms with van der Waals surface area (Å²) in [5.41, 5.74) is 4.13. The van der Waals surface area contributed by atoms with Crippen LogP contribution in [0.4, 0.5) is 0 Å². The molecule has 0 bridgehead atoms. The number of fused-ring (bicyclic) bond motifs is 1. The maximum absolute atomic E-state index is 12.0. The highest BCUT2D eigenvalue weighted by Gasteiger charge is 2.40. The average molecular weight is 330 g/mol. The van der Waals surface area contributed by atoms with E-state index in [-0.39, 0.29) is 18.1 Å². The van der Waals surface area contributed by atoms with Crippen LogP contribution in [0.5, 0.6) is 0 Å². The van der Waals surface area contributed by atoms with Crippen molar-refractivity contribution in [3.8, 4) is 0 Å². The number of carbonyl (C=O) groups is 2. The Hall–Kier alpha value is -1.72. The maximum atomic E-state index is 12.0. The van der Waals surface area contributed by atoms with Gasteiger partial charge in [0.25, 0.3) is 0 Å². The molecule has 1 saturated heterocycles. The smallest absolute Gasteiger partial charge is 0.224 e. The van der Waals surface area contributed by atoms with Gasteiger partial charge in [0, 0.05) is 25.4 Å². The number of Topliss-reactive ketones (excluding diaryl/α,β-unsaturated/α-hetero) is 1. The van der Waals surface area contributed by atoms with Crippen LogP contribution in [0, 0.1) is 11.8 Å². The molecule has 1 aliphatic heterocycles. The molecule has 5 heteroatoms. The van der Waals surface area contributed by atoms with E-state index in [2.05, 4.69) is 17.7 Å². The van der Waals surface area contributed by atoms with Crippen LogP contribution in [0.2, 0.25) is 0 Å². The number of carbonyl (C=O) groups excluding carboxylic acids is 2. The molecule has 0 radical (unpaired) electrons. The number of ketones is 1. The molecule has 3 rings (SSSR count). The van der Waals surface area contributed by atoms with E-state index in [1.54, 1.807) is 0 Å². The van der Waals surface area contributed by atoms with Crippen molar-refractivity contribution in [1.82, 2.24) is 10.8 Å². The predicted octanol–water partition coefficient (Wildman–Crippen LogP) is 2.01. The minimum absolute atomic E-state index is 0.0187. The lowest BCUT2D eigenvalue weighted by atomic mass is 9.74. The second kappa shape index (κ2) is 7.90. The van der Waals surface area contributed by atoms with E-state index >= 15 is 0 Å². The van der Waals surface area contributed by atoms with Gasteiger partial charge in [-0.25, -0.2) is 0 Å². The molecule has 1 aromatic carbocycles. The molecule has 130 valence electrons. The normalized spacial score (nSPS) is 29.8. The molecule has 1 aromatic rings. The quantitative estimate of drug-likeness (QED) is 0.867. The molecule has 2 fully saturated rings. The van der Waals surface area contributed by atoms with Gasteiger partial charge in [-0.2, -0.15) is 5.48 Å². The summed E-state index contributed by atoms with van der Waals surface area (Å²) in [4.78, 5) is 29.3. The van der Waals surface area contributed by atoms with Crippen molar-refractivity contribution in [1.29, 1.82) is 0 Å². The Balaban J connectivity index is 1.42. The van der Waals surface area contributed by atoms with Crippen molar-refractivity contribution in [3.05, 3.63) is 35.9 Å². The summed E-state index contributed by atoms with van der Waals surface area (Å²) < 4.78 is 0. The second-order valence-corrected chi connectivity index (χ2v) is 6.99. The second-order valence-electron chi connectivity index (χ2n) is 6.99. The van der Waals surface area contributed by atoms with Gasteiger partial charge in [-0.3, -0.25) is 14.4 Å². The molecule has 2 aliphatic rings. The number of amides is 1. The van der Waals surface area contributed by atoms with E-state index in [0.29, 0.717) is 43.4 Å². The molecule has 1 amide bonds. The van der Waals surface area contributed by atoms with E-state index in [9.17, 15) is 9.59 Å². The molecule has 4 unspecified atom stereocenters. The number of nitrogens with one attached hydrogen (secondary N) is 2. The highest BCUT2D eigenvalue weighted by molar-refractivity contribution is 5.79. The number of hydroxylamine groups is 1. The summed E-state index contributed by atoms with van der Waals surface area (Å²) >= 11 is 0. The van der Waals surface area contributed by atoms with Gasteiger partial charge in [0.15, 0.2) is 0 Å². The fraction of sp³-hybridized carbons (Fsp3) is 0.579. The molecule has 1 saturated carbocycles. The summed E-state index contributed by atoms with van der Waals surface area (Å²) in [6.45, 7) is 2.85. The highest BCUT2D eigenvalue weighted by atomic mass is 16.7. The Morgan fingerprint density at radius 3 is 2.92 bits per heavy atom. The largest absolute Gasteiger partial charge is 0.356 e. The van der Waals surface area contributed by atoms with Crippen LogP contribution in [-0.4, -0.2) is 30.4 Å². The minimum atomic E-state index is 0.0187. The van der Waals surface area contributed by atoms with Gasteiger partial charge in [-0.1, -0.05) is 37.3 Å². The van der Waals surface area contributed by atoms with Gasteiger partial charge >= 0.3 is 0 Å². The Morgan fingerprint density at radius 2 is 2.12 bits per heavy atom. The van der Waals surface area contributed by atoms with E-state index in [4.69, 9.17) is 4.84 Å². The maximum Gasteiger partial charge on any atom is 0.224 e. The van der Waals surface area contributed by atoms with E-state index in [1.807, 2.05) is 30.3 Å². The Labute approximate surface area is 143 Å². The van der Waals surface area contributed by atoms with E-state index < -0.39 is 0 Å². The van der Waals surface area contributed by atoms with E-state index in [0.717, 1.165) is 18.4 Å². The molecule has 24 heavy (non-hydrogen) atoms. The first kappa shape index (κ1) is 17.1. The van der Waals surface area contributed by atoms with Crippen molar-refractivity contribution in [2.75, 3.05) is 6.54 Å². The van der Waals surface area contributed by atoms with Gasteiger partial charge in [0.2, 0.25) is 5.91 Å². The first-order valence-electron chi connectivity index (χ1n) is 8.87. The summed E-state index contributed by atoms with van der Waals surface area (Å²) in [7, 11) is 0. The van der Waals surface area contributed by atoms with Gasteiger partial charge in [0.1, 0.15) is 5.78 Å². The summed E-state index contributed by atoms with van der Waals surface area (Å²) in [6.07, 6.45) is 3.39. The zero-order valence-corrected chi connectivity index (χ0v) is 14.2. The predicted molar refractivity (Wildman–Crippen MR) is 91.1 cm³/mol. The lowest BCUT2D eigenvalue weighted by Crippen LogP contribution is -2.53. The zero-order valence-electron chi connectivity index (χ0n) is 14.2. The first-order valence-corrected chi connectivity index (χ1v) is 8.87. The van der Waals surface area contributed by atoms with Crippen molar-refractivity contribution in [2.24, 2.45) is 11.8 Å². The van der Waals surface area contributed by atoms with Gasteiger partial charge in [-0.15, -0.1) is 0 Å². The third-order valence-electron chi connectivity index (χ3n) is 5.33. The Morgan fingerprint density at radius 1 is 1.33 bits per heavy atom. The highest BCUT2D eigenvalue weighted by Crippen LogP contribution is 2.35. The lowest BCUT2D eigenvalue weighted by Gasteiger charge is -2.43. The number of benzene rings is 1. The molecule has 0 spiro atoms. The third kappa shape index (κ3) is 4.22. The Kier molecular flexibility index (Phi) is 5.63. The van der Waals surface area contributed by atoms with Crippen LogP contribution >= 0.6 is 0 Å². The molecule has 4 atom stereocenters. The van der Waals surface area contributed by atoms with Crippen molar-refractivity contribution < 1.29 is 14.4 Å². The monoisotopic (exact) mass is 330 g/mol. The van der Waals surface area contributed by atoms with Gasteiger partial charge in [-0.05, 0) is 30.2 Å². The third-order valence-corrected chi connectivity index (χ3v) is 5.33. The standard InChI is InChI=1S/C19H26N2O3/c1-13-16-8-7-15(22)12-18(16)24-21-17(13)9-10-20-19(23)11-14-5-3-2-4-6-14/h2-6,13,16-18,21H,7-12H2,1H3,(H,20,23). The van der Waals surface area contributed by atoms with Crippen LogP contribution in [0.1, 0.15) is 38.2 Å². The molecular weight excluding hydrogens is 304 g/mol. The molecular formula is C19H26N2O3. The average Bonchev–Trinajstić information content (AvgIpc) is 2.58. The van der Waals surface area contributed by atoms with Gasteiger partial charge in [0.05, 0.1) is 12.5 Å². The SMILES string of the molecule is CC1C(CCNC(=O)Cc2ccccc2)NOC2CC(=O)CCC21. The van der Waals surface area contributed by atoms with Crippen molar-refractivity contribution >= 4 is 11.7 Å². The van der Waals surface area contributed by atoms with E-state index in [1.165, 1.54) is 0 Å². The molecule has 0 aromatic heterocycles. The van der Waals surface area contributed by atoms with Gasteiger partial charge < -0.3 is 5.32 Å². The van der Waals surface area contributed by atoms with Crippen LogP contribution in [0.15, 0.2) is 30.3 Å². The van der Waals surface area contributed by atoms with Crippen LogP contribution in [0.25, 0.3) is 0 Å². The topological polar surface area (TPSA) is 67.4 Å². The lowest BCUT2D eigenvalue weighted by molar-refractivity contribution is -0.160. The number of hydrogen-bond acceptors (Lipinski definition) is 4. The Bertz CT molecular complexity index is 575. The van der Waals surface area contributed by atoms with Crippen LogP contribution in [0.3, 0.4) is 0 Å². The van der Waals surface area contributed by atoms with Crippen molar-refractivity contribution in [3.63, 3.8) is 0 Å².